The summed E-state index contributed by atoms with van der Waals surface area (Å²) in [5.74, 6) is -0.0169. The lowest BCUT2D eigenvalue weighted by molar-refractivity contribution is -0.162. The molecule has 1 heterocycles. The van der Waals surface area contributed by atoms with Crippen molar-refractivity contribution in [2.24, 2.45) is 5.41 Å². The molecule has 1 amide bonds. The van der Waals surface area contributed by atoms with Gasteiger partial charge in [0.05, 0.1) is 11.0 Å². The molecule has 2 fully saturated rings. The fourth-order valence-corrected chi connectivity index (χ4v) is 3.51. The molecule has 5 N–H and O–H groups in total. The van der Waals surface area contributed by atoms with Crippen LogP contribution in [0.15, 0.2) is 24.3 Å². The van der Waals surface area contributed by atoms with E-state index < -0.39 is 11.0 Å². The van der Waals surface area contributed by atoms with Gasteiger partial charge in [-0.15, -0.1) is 0 Å². The Balaban J connectivity index is 1.67. The average molecular weight is 289 g/mol. The number of hydrogen-bond donors (Lipinski definition) is 4. The molecule has 0 spiro atoms. The predicted molar refractivity (Wildman–Crippen MR) is 81.4 cm³/mol. The van der Waals surface area contributed by atoms with Crippen LogP contribution in [-0.2, 0) is 11.3 Å². The molecule has 1 aromatic rings. The summed E-state index contributed by atoms with van der Waals surface area (Å²) in [6.45, 7) is 1.77. The van der Waals surface area contributed by atoms with Gasteiger partial charge >= 0.3 is 0 Å². The summed E-state index contributed by atoms with van der Waals surface area (Å²) in [6, 6.07) is 7.48. The minimum absolute atomic E-state index is 0.0169. The molecular weight excluding hydrogens is 266 g/mol. The zero-order valence-electron chi connectivity index (χ0n) is 12.2. The third-order valence-corrected chi connectivity index (χ3v) is 5.10. The van der Waals surface area contributed by atoms with Crippen LogP contribution < -0.4 is 16.4 Å². The van der Waals surface area contributed by atoms with Gasteiger partial charge in [-0.05, 0) is 43.5 Å². The first-order valence-corrected chi connectivity index (χ1v) is 7.62. The van der Waals surface area contributed by atoms with E-state index in [-0.39, 0.29) is 5.91 Å². The van der Waals surface area contributed by atoms with Crippen molar-refractivity contribution < 1.29 is 9.90 Å². The first-order valence-electron chi connectivity index (χ1n) is 7.62. The van der Waals surface area contributed by atoms with Gasteiger partial charge < -0.3 is 21.5 Å². The summed E-state index contributed by atoms with van der Waals surface area (Å²) in [6.07, 6.45) is 3.22. The number of β-amino-alcohol motifs (C(OH)–C–C–N with tert-alkyl or cyclic N) is 1. The molecule has 0 radical (unpaired) electrons. The van der Waals surface area contributed by atoms with Gasteiger partial charge in [0.25, 0.3) is 0 Å². The summed E-state index contributed by atoms with van der Waals surface area (Å²) in [4.78, 5) is 12.7. The highest BCUT2D eigenvalue weighted by Gasteiger charge is 2.59. The molecule has 5 nitrogen and oxygen atoms in total. The van der Waals surface area contributed by atoms with E-state index in [1.807, 2.05) is 24.3 Å². The van der Waals surface area contributed by atoms with Crippen LogP contribution >= 0.6 is 0 Å². The molecule has 1 aliphatic carbocycles. The Bertz CT molecular complexity index is 517. The Morgan fingerprint density at radius 3 is 2.52 bits per heavy atom. The second-order valence-electron chi connectivity index (χ2n) is 6.32. The number of carbonyl (C=O) groups is 1. The lowest BCUT2D eigenvalue weighted by atomic mass is 9.57. The maximum absolute atomic E-state index is 12.7. The van der Waals surface area contributed by atoms with E-state index in [0.29, 0.717) is 25.2 Å². The molecule has 21 heavy (non-hydrogen) atoms. The van der Waals surface area contributed by atoms with Gasteiger partial charge in [0, 0.05) is 18.8 Å². The number of aliphatic hydroxyl groups is 1. The van der Waals surface area contributed by atoms with Crippen molar-refractivity contribution in [2.45, 2.75) is 37.8 Å². The minimum atomic E-state index is -0.892. The molecule has 1 atom stereocenters. The van der Waals surface area contributed by atoms with E-state index in [0.717, 1.165) is 31.4 Å². The third kappa shape index (κ3) is 2.40. The minimum Gasteiger partial charge on any atom is -0.399 e. The largest absolute Gasteiger partial charge is 0.399 e. The van der Waals surface area contributed by atoms with Gasteiger partial charge in [-0.1, -0.05) is 18.6 Å². The maximum atomic E-state index is 12.7. The number of carbonyl (C=O) groups excluding carboxylic acids is 1. The van der Waals surface area contributed by atoms with Crippen molar-refractivity contribution in [1.29, 1.82) is 0 Å². The van der Waals surface area contributed by atoms with Crippen LogP contribution in [0, 0.1) is 5.41 Å². The zero-order chi connectivity index (χ0) is 14.9. The molecule has 1 unspecified atom stereocenters. The fraction of sp³-hybridized carbons (Fsp3) is 0.562. The van der Waals surface area contributed by atoms with Crippen LogP contribution in [0.1, 0.15) is 31.2 Å². The predicted octanol–water partition coefficient (Wildman–Crippen LogP) is 0.780. The summed E-state index contributed by atoms with van der Waals surface area (Å²) in [5, 5.41) is 17.0. The summed E-state index contributed by atoms with van der Waals surface area (Å²) in [7, 11) is 0. The zero-order valence-corrected chi connectivity index (χ0v) is 12.2. The highest BCUT2D eigenvalue weighted by Crippen LogP contribution is 2.51. The maximum Gasteiger partial charge on any atom is 0.229 e. The molecule has 2 aliphatic rings. The molecule has 1 saturated heterocycles. The van der Waals surface area contributed by atoms with E-state index in [1.54, 1.807) is 0 Å². The number of anilines is 1. The van der Waals surface area contributed by atoms with Gasteiger partial charge in [-0.25, -0.2) is 0 Å². The number of nitrogens with one attached hydrogen (secondary N) is 2. The normalized spacial score (nSPS) is 27.1. The van der Waals surface area contributed by atoms with Crippen LogP contribution in [0.4, 0.5) is 5.69 Å². The van der Waals surface area contributed by atoms with Gasteiger partial charge in [0.15, 0.2) is 0 Å². The van der Waals surface area contributed by atoms with Crippen molar-refractivity contribution in [3.63, 3.8) is 0 Å². The third-order valence-electron chi connectivity index (χ3n) is 5.10. The Hall–Kier alpha value is -1.59. The molecule has 0 aromatic heterocycles. The lowest BCUT2D eigenvalue weighted by Gasteiger charge is -2.49. The monoisotopic (exact) mass is 289 g/mol. The van der Waals surface area contributed by atoms with Crippen molar-refractivity contribution in [3.05, 3.63) is 29.8 Å². The van der Waals surface area contributed by atoms with Gasteiger partial charge in [-0.2, -0.15) is 0 Å². The lowest BCUT2D eigenvalue weighted by Crippen LogP contribution is -2.61. The Morgan fingerprint density at radius 1 is 1.29 bits per heavy atom. The summed E-state index contributed by atoms with van der Waals surface area (Å²) < 4.78 is 0. The van der Waals surface area contributed by atoms with Crippen molar-refractivity contribution >= 4 is 11.6 Å². The Morgan fingerprint density at radius 2 is 2.00 bits per heavy atom. The Kier molecular flexibility index (Phi) is 3.63. The van der Waals surface area contributed by atoms with Gasteiger partial charge in [0.2, 0.25) is 5.91 Å². The molecule has 0 bridgehead atoms. The van der Waals surface area contributed by atoms with E-state index in [9.17, 15) is 9.90 Å². The van der Waals surface area contributed by atoms with E-state index in [2.05, 4.69) is 10.6 Å². The molecule has 1 aliphatic heterocycles. The van der Waals surface area contributed by atoms with Gasteiger partial charge in [0.1, 0.15) is 0 Å². The number of amides is 1. The quantitative estimate of drug-likeness (QED) is 0.617. The van der Waals surface area contributed by atoms with Crippen molar-refractivity contribution in [2.75, 3.05) is 18.8 Å². The van der Waals surface area contributed by atoms with Gasteiger partial charge in [-0.3, -0.25) is 4.79 Å². The smallest absolute Gasteiger partial charge is 0.229 e. The summed E-state index contributed by atoms with van der Waals surface area (Å²) >= 11 is 0. The SMILES string of the molecule is Nc1ccc(CNC(=O)C2(C3(O)CCNC3)CCC2)cc1. The first kappa shape index (κ1) is 14.4. The molecular formula is C16H23N3O2. The fourth-order valence-electron chi connectivity index (χ4n) is 3.51. The topological polar surface area (TPSA) is 87.4 Å². The second kappa shape index (κ2) is 5.31. The van der Waals surface area contributed by atoms with E-state index in [1.165, 1.54) is 0 Å². The van der Waals surface area contributed by atoms with E-state index >= 15 is 0 Å². The highest BCUT2D eigenvalue weighted by atomic mass is 16.3. The van der Waals surface area contributed by atoms with Crippen LogP contribution in [0.2, 0.25) is 0 Å². The van der Waals surface area contributed by atoms with Crippen LogP contribution in [0.25, 0.3) is 0 Å². The molecule has 114 valence electrons. The highest BCUT2D eigenvalue weighted by molar-refractivity contribution is 5.85. The number of benzene rings is 1. The molecule has 1 saturated carbocycles. The first-order chi connectivity index (χ1) is 10.1. The van der Waals surface area contributed by atoms with Crippen LogP contribution in [-0.4, -0.2) is 29.7 Å². The standard InChI is InChI=1S/C16H23N3O2/c17-13-4-2-12(3-5-13)10-19-14(20)15(6-1-7-15)16(21)8-9-18-11-16/h2-5,18,21H,1,6-11,17H2,(H,19,20). The van der Waals surface area contributed by atoms with E-state index in [4.69, 9.17) is 5.73 Å². The molecule has 3 rings (SSSR count). The van der Waals surface area contributed by atoms with Crippen molar-refractivity contribution in [1.82, 2.24) is 10.6 Å². The average Bonchev–Trinajstić information content (AvgIpc) is 2.84. The Labute approximate surface area is 124 Å². The molecule has 1 aromatic carbocycles. The second-order valence-corrected chi connectivity index (χ2v) is 6.32. The van der Waals surface area contributed by atoms with Crippen LogP contribution in [0.3, 0.4) is 0 Å². The number of hydrogen-bond acceptors (Lipinski definition) is 4. The van der Waals surface area contributed by atoms with Crippen molar-refractivity contribution in [3.8, 4) is 0 Å². The van der Waals surface area contributed by atoms with Crippen LogP contribution in [0.5, 0.6) is 0 Å². The number of nitrogen functional groups attached to an aromatic ring is 1. The molecule has 5 heteroatoms. The summed E-state index contributed by atoms with van der Waals surface area (Å²) in [5.41, 5.74) is 5.89. The number of nitrogens with two attached hydrogens (primary N) is 1. The number of rotatable bonds is 4.